The number of hydrogen-bond acceptors (Lipinski definition) is 0. The zero-order valence-corrected chi connectivity index (χ0v) is 7.27. The first-order chi connectivity index (χ1) is 5.42. The van der Waals surface area contributed by atoms with Gasteiger partial charge in [0, 0.05) is 0 Å². The van der Waals surface area contributed by atoms with Gasteiger partial charge < -0.3 is 0 Å². The molecule has 0 aromatic carbocycles. The van der Waals surface area contributed by atoms with Gasteiger partial charge in [0.2, 0.25) is 0 Å². The van der Waals surface area contributed by atoms with E-state index in [1.54, 1.807) is 11.1 Å². The maximum Gasteiger partial charge on any atom is -0.0130 e. The average molecular weight is 148 g/mol. The van der Waals surface area contributed by atoms with Crippen LogP contribution in [0.5, 0.6) is 0 Å². The highest BCUT2D eigenvalue weighted by Gasteiger charge is 2.24. The van der Waals surface area contributed by atoms with Gasteiger partial charge in [0.15, 0.2) is 0 Å². The van der Waals surface area contributed by atoms with Crippen LogP contribution in [-0.4, -0.2) is 0 Å². The van der Waals surface area contributed by atoms with Gasteiger partial charge in [-0.05, 0) is 37.2 Å². The van der Waals surface area contributed by atoms with Crippen LogP contribution in [0.1, 0.15) is 39.0 Å². The molecule has 2 aliphatic rings. The largest absolute Gasteiger partial charge is 0.0802 e. The lowest BCUT2D eigenvalue weighted by atomic mass is 9.96. The molecule has 0 aromatic heterocycles. The van der Waals surface area contributed by atoms with Gasteiger partial charge in [-0.15, -0.1) is 0 Å². The van der Waals surface area contributed by atoms with Gasteiger partial charge in [-0.2, -0.15) is 0 Å². The lowest BCUT2D eigenvalue weighted by molar-refractivity contribution is 0.552. The fourth-order valence-corrected chi connectivity index (χ4v) is 2.39. The Labute approximate surface area is 69.0 Å². The van der Waals surface area contributed by atoms with Crippen LogP contribution in [0.2, 0.25) is 0 Å². The highest BCUT2D eigenvalue weighted by atomic mass is 14.3. The van der Waals surface area contributed by atoms with Crippen molar-refractivity contribution in [2.75, 3.05) is 0 Å². The molecule has 60 valence electrons. The smallest absolute Gasteiger partial charge is 0.0130 e. The van der Waals surface area contributed by atoms with Crippen molar-refractivity contribution in [1.29, 1.82) is 0 Å². The van der Waals surface area contributed by atoms with Crippen LogP contribution in [0.25, 0.3) is 0 Å². The molecule has 0 bridgehead atoms. The van der Waals surface area contributed by atoms with Gasteiger partial charge in [0.1, 0.15) is 0 Å². The van der Waals surface area contributed by atoms with E-state index in [4.69, 9.17) is 0 Å². The Balaban J connectivity index is 2.09. The zero-order chi connectivity index (χ0) is 7.68. The third kappa shape index (κ3) is 1.15. The predicted octanol–water partition coefficient (Wildman–Crippen LogP) is 3.45. The molecular formula is C11H16. The van der Waals surface area contributed by atoms with Crippen molar-refractivity contribution in [1.82, 2.24) is 0 Å². The molecule has 0 nitrogen and oxygen atoms in total. The summed E-state index contributed by atoms with van der Waals surface area (Å²) in [7, 11) is 0. The number of allylic oxidation sites excluding steroid dienone is 4. The van der Waals surface area contributed by atoms with Crippen molar-refractivity contribution in [3.05, 3.63) is 23.3 Å². The topological polar surface area (TPSA) is 0 Å². The van der Waals surface area contributed by atoms with Crippen LogP contribution in [0.4, 0.5) is 0 Å². The molecule has 0 aliphatic heterocycles. The van der Waals surface area contributed by atoms with E-state index in [0.29, 0.717) is 0 Å². The molecule has 0 fully saturated rings. The summed E-state index contributed by atoms with van der Waals surface area (Å²) >= 11 is 0. The van der Waals surface area contributed by atoms with Gasteiger partial charge in [0.25, 0.3) is 0 Å². The predicted molar refractivity (Wildman–Crippen MR) is 48.4 cm³/mol. The summed E-state index contributed by atoms with van der Waals surface area (Å²) in [4.78, 5) is 0. The second kappa shape index (κ2) is 2.84. The van der Waals surface area contributed by atoms with Gasteiger partial charge in [-0.1, -0.05) is 31.1 Å². The lowest BCUT2D eigenvalue weighted by Crippen LogP contribution is -1.95. The molecule has 0 N–H and O–H groups in total. The first kappa shape index (κ1) is 7.15. The highest BCUT2D eigenvalue weighted by Crippen LogP contribution is 2.40. The van der Waals surface area contributed by atoms with E-state index in [0.717, 1.165) is 5.92 Å². The maximum absolute atomic E-state index is 2.36. The van der Waals surface area contributed by atoms with E-state index in [1.807, 2.05) is 0 Å². The number of rotatable bonds is 2. The first-order valence-electron chi connectivity index (χ1n) is 4.80. The third-order valence-electron chi connectivity index (χ3n) is 2.94. The van der Waals surface area contributed by atoms with E-state index in [9.17, 15) is 0 Å². The lowest BCUT2D eigenvalue weighted by Gasteiger charge is -2.08. The first-order valence-corrected chi connectivity index (χ1v) is 4.80. The molecule has 0 radical (unpaired) electrons. The van der Waals surface area contributed by atoms with Crippen LogP contribution < -0.4 is 0 Å². The minimum atomic E-state index is 0.925. The summed E-state index contributed by atoms with van der Waals surface area (Å²) in [5.41, 5.74) is 3.44. The van der Waals surface area contributed by atoms with E-state index < -0.39 is 0 Å². The van der Waals surface area contributed by atoms with Crippen LogP contribution in [0.3, 0.4) is 0 Å². The van der Waals surface area contributed by atoms with Gasteiger partial charge in [-0.25, -0.2) is 0 Å². The fraction of sp³-hybridized carbons (Fsp3) is 0.636. The maximum atomic E-state index is 2.36. The van der Waals surface area contributed by atoms with Crippen LogP contribution >= 0.6 is 0 Å². The molecule has 1 unspecified atom stereocenters. The Kier molecular flexibility index (Phi) is 1.85. The Morgan fingerprint density at radius 1 is 1.55 bits per heavy atom. The SMILES string of the molecule is CCCC1CCC2=C1C=CC2. The molecule has 0 saturated carbocycles. The minimum absolute atomic E-state index is 0.925. The van der Waals surface area contributed by atoms with E-state index >= 15 is 0 Å². The zero-order valence-electron chi connectivity index (χ0n) is 7.27. The molecule has 0 heterocycles. The molecule has 2 aliphatic carbocycles. The van der Waals surface area contributed by atoms with Crippen LogP contribution in [-0.2, 0) is 0 Å². The Hall–Kier alpha value is -0.520. The molecule has 1 atom stereocenters. The van der Waals surface area contributed by atoms with E-state index in [2.05, 4.69) is 19.1 Å². The molecule has 2 rings (SSSR count). The normalized spacial score (nSPS) is 28.3. The van der Waals surface area contributed by atoms with Gasteiger partial charge in [0.05, 0.1) is 0 Å². The average Bonchev–Trinajstić information content (AvgIpc) is 2.53. The summed E-state index contributed by atoms with van der Waals surface area (Å²) in [6.07, 6.45) is 11.5. The summed E-state index contributed by atoms with van der Waals surface area (Å²) in [5.74, 6) is 0.925. The standard InChI is InChI=1S/C11H16/c1-2-4-9-7-8-10-5-3-6-11(9)10/h3,6,9H,2,4-5,7-8H2,1H3. The van der Waals surface area contributed by atoms with E-state index in [1.165, 1.54) is 32.1 Å². The third-order valence-corrected chi connectivity index (χ3v) is 2.94. The molecular weight excluding hydrogens is 132 g/mol. The molecule has 0 amide bonds. The molecule has 0 aromatic rings. The quantitative estimate of drug-likeness (QED) is 0.562. The Bertz CT molecular complexity index is 208. The summed E-state index contributed by atoms with van der Waals surface area (Å²) < 4.78 is 0. The second-order valence-electron chi connectivity index (χ2n) is 3.69. The van der Waals surface area contributed by atoms with Gasteiger partial charge >= 0.3 is 0 Å². The van der Waals surface area contributed by atoms with Crippen molar-refractivity contribution >= 4 is 0 Å². The number of hydrogen-bond donors (Lipinski definition) is 0. The molecule has 0 saturated heterocycles. The molecule has 0 heteroatoms. The Morgan fingerprint density at radius 3 is 3.27 bits per heavy atom. The fourth-order valence-electron chi connectivity index (χ4n) is 2.39. The summed E-state index contributed by atoms with van der Waals surface area (Å²) in [5, 5.41) is 0. The second-order valence-corrected chi connectivity index (χ2v) is 3.69. The van der Waals surface area contributed by atoms with Crippen molar-refractivity contribution in [2.24, 2.45) is 5.92 Å². The van der Waals surface area contributed by atoms with Gasteiger partial charge in [-0.3, -0.25) is 0 Å². The van der Waals surface area contributed by atoms with Crippen molar-refractivity contribution < 1.29 is 0 Å². The van der Waals surface area contributed by atoms with Crippen LogP contribution in [0, 0.1) is 5.92 Å². The van der Waals surface area contributed by atoms with Crippen molar-refractivity contribution in [2.45, 2.75) is 39.0 Å². The summed E-state index contributed by atoms with van der Waals surface area (Å²) in [6.45, 7) is 2.29. The molecule has 11 heavy (non-hydrogen) atoms. The highest BCUT2D eigenvalue weighted by molar-refractivity contribution is 5.39. The molecule has 0 spiro atoms. The van der Waals surface area contributed by atoms with Crippen molar-refractivity contribution in [3.8, 4) is 0 Å². The van der Waals surface area contributed by atoms with Crippen LogP contribution in [0.15, 0.2) is 23.3 Å². The van der Waals surface area contributed by atoms with E-state index in [-0.39, 0.29) is 0 Å². The minimum Gasteiger partial charge on any atom is -0.0802 e. The monoisotopic (exact) mass is 148 g/mol. The van der Waals surface area contributed by atoms with Crippen molar-refractivity contribution in [3.63, 3.8) is 0 Å². The summed E-state index contributed by atoms with van der Waals surface area (Å²) in [6, 6.07) is 0. The Morgan fingerprint density at radius 2 is 2.45 bits per heavy atom.